The van der Waals surface area contributed by atoms with Crippen LogP contribution in [0.25, 0.3) is 16.5 Å². The predicted molar refractivity (Wildman–Crippen MR) is 136 cm³/mol. The largest absolute Gasteiger partial charge is 0.497 e. The van der Waals surface area contributed by atoms with Gasteiger partial charge in [0, 0.05) is 31.6 Å². The van der Waals surface area contributed by atoms with Crippen molar-refractivity contribution < 1.29 is 9.53 Å². The number of nitrogens with zero attached hydrogens (tertiary/aromatic N) is 5. The van der Waals surface area contributed by atoms with E-state index in [2.05, 4.69) is 16.1 Å². The second-order valence-corrected chi connectivity index (χ2v) is 8.58. The molecule has 5 rings (SSSR count). The van der Waals surface area contributed by atoms with E-state index in [4.69, 9.17) is 4.74 Å². The highest BCUT2D eigenvalue weighted by Crippen LogP contribution is 2.25. The highest BCUT2D eigenvalue weighted by Gasteiger charge is 2.29. The summed E-state index contributed by atoms with van der Waals surface area (Å²) >= 11 is 0. The zero-order valence-electron chi connectivity index (χ0n) is 19.9. The molecule has 0 unspecified atom stereocenters. The van der Waals surface area contributed by atoms with Gasteiger partial charge in [0.25, 0.3) is 11.5 Å². The first-order valence-corrected chi connectivity index (χ1v) is 11.7. The van der Waals surface area contributed by atoms with Crippen LogP contribution in [-0.2, 0) is 0 Å². The fourth-order valence-corrected chi connectivity index (χ4v) is 4.58. The Morgan fingerprint density at radius 3 is 2.19 bits per heavy atom. The monoisotopic (exact) mass is 479 g/mol. The average molecular weight is 480 g/mol. The summed E-state index contributed by atoms with van der Waals surface area (Å²) < 4.78 is 6.51. The first-order valence-electron chi connectivity index (χ1n) is 11.7. The quantitative estimate of drug-likeness (QED) is 0.436. The van der Waals surface area contributed by atoms with Crippen LogP contribution in [0.5, 0.6) is 5.75 Å². The van der Waals surface area contributed by atoms with Crippen molar-refractivity contribution in [3.63, 3.8) is 0 Å². The summed E-state index contributed by atoms with van der Waals surface area (Å²) in [5, 5.41) is 15.3. The Balaban J connectivity index is 1.40. The zero-order chi connectivity index (χ0) is 25.1. The molecule has 1 aromatic heterocycles. The molecule has 0 aliphatic carbocycles. The van der Waals surface area contributed by atoms with Gasteiger partial charge < -0.3 is 9.64 Å². The maximum atomic E-state index is 13.6. The van der Waals surface area contributed by atoms with Gasteiger partial charge in [0.1, 0.15) is 11.8 Å². The number of aromatic nitrogens is 2. The lowest BCUT2D eigenvalue weighted by atomic mass is 10.0. The molecule has 3 aromatic carbocycles. The van der Waals surface area contributed by atoms with Crippen LogP contribution in [0.3, 0.4) is 0 Å². The second-order valence-electron chi connectivity index (χ2n) is 8.58. The van der Waals surface area contributed by atoms with Crippen LogP contribution in [0, 0.1) is 11.3 Å². The van der Waals surface area contributed by atoms with Crippen LogP contribution in [0.1, 0.15) is 22.1 Å². The van der Waals surface area contributed by atoms with Gasteiger partial charge in [0.05, 0.1) is 24.3 Å². The summed E-state index contributed by atoms with van der Waals surface area (Å²) in [5.41, 5.74) is 1.47. The van der Waals surface area contributed by atoms with Gasteiger partial charge in [-0.3, -0.25) is 14.5 Å². The number of fused-ring (bicyclic) bond motifs is 1. The van der Waals surface area contributed by atoms with Crippen molar-refractivity contribution in [3.05, 3.63) is 100 Å². The van der Waals surface area contributed by atoms with Gasteiger partial charge >= 0.3 is 0 Å². The van der Waals surface area contributed by atoms with Crippen molar-refractivity contribution in [2.45, 2.75) is 6.04 Å². The standard InChI is InChI=1S/C28H25N5O3/c1-36-22-13-11-20(12-14-22)25(19-29)31-15-17-32(18-16-31)28(35)26-23-9-5-6-10-24(23)27(34)33(30-26)21-7-3-2-4-8-21/h2-14,25H,15-18H2,1H3/t25-/m0/s1. The van der Waals surface area contributed by atoms with Gasteiger partial charge in [0.2, 0.25) is 0 Å². The number of carbonyl (C=O) groups excluding carboxylic acids is 1. The molecule has 1 saturated heterocycles. The third-order valence-corrected chi connectivity index (χ3v) is 6.53. The molecule has 1 amide bonds. The lowest BCUT2D eigenvalue weighted by molar-refractivity contribution is 0.0601. The molecule has 8 nitrogen and oxygen atoms in total. The summed E-state index contributed by atoms with van der Waals surface area (Å²) in [6.45, 7) is 2.00. The van der Waals surface area contributed by atoms with Crippen LogP contribution in [0.15, 0.2) is 83.7 Å². The Bertz CT molecular complexity index is 1480. The average Bonchev–Trinajstić information content (AvgIpc) is 2.95. The molecular weight excluding hydrogens is 454 g/mol. The van der Waals surface area contributed by atoms with Gasteiger partial charge in [-0.1, -0.05) is 48.5 Å². The molecule has 1 aliphatic rings. The van der Waals surface area contributed by atoms with E-state index in [1.807, 2.05) is 42.5 Å². The Morgan fingerprint density at radius 2 is 1.56 bits per heavy atom. The lowest BCUT2D eigenvalue weighted by Gasteiger charge is -2.37. The Kier molecular flexibility index (Phi) is 6.48. The number of carbonyl (C=O) groups is 1. The number of methoxy groups -OCH3 is 1. The number of benzene rings is 3. The summed E-state index contributed by atoms with van der Waals surface area (Å²) in [6.07, 6.45) is 0. The summed E-state index contributed by atoms with van der Waals surface area (Å²) in [5.74, 6) is 0.510. The minimum Gasteiger partial charge on any atom is -0.497 e. The molecule has 2 heterocycles. The zero-order valence-corrected chi connectivity index (χ0v) is 19.9. The third kappa shape index (κ3) is 4.32. The molecule has 0 bridgehead atoms. The minimum absolute atomic E-state index is 0.228. The number of rotatable bonds is 5. The van der Waals surface area contributed by atoms with Crippen molar-refractivity contribution in [2.24, 2.45) is 0 Å². The SMILES string of the molecule is COc1ccc([C@H](C#N)N2CCN(C(=O)c3nn(-c4ccccc4)c(=O)c4ccccc34)CC2)cc1. The second kappa shape index (κ2) is 10.0. The minimum atomic E-state index is -0.410. The molecule has 1 aliphatic heterocycles. The Morgan fingerprint density at radius 1 is 0.917 bits per heavy atom. The van der Waals surface area contributed by atoms with E-state index in [1.54, 1.807) is 48.4 Å². The molecule has 0 saturated carbocycles. The van der Waals surface area contributed by atoms with E-state index in [9.17, 15) is 14.9 Å². The highest BCUT2D eigenvalue weighted by molar-refractivity contribution is 6.04. The molecule has 1 fully saturated rings. The van der Waals surface area contributed by atoms with Crippen molar-refractivity contribution in [2.75, 3.05) is 33.3 Å². The molecule has 36 heavy (non-hydrogen) atoms. The number of hydrogen-bond acceptors (Lipinski definition) is 6. The van der Waals surface area contributed by atoms with Crippen molar-refractivity contribution in [1.82, 2.24) is 19.6 Å². The van der Waals surface area contributed by atoms with Crippen LogP contribution in [-0.4, -0.2) is 58.8 Å². The van der Waals surface area contributed by atoms with Gasteiger partial charge in [-0.2, -0.15) is 15.0 Å². The van der Waals surface area contributed by atoms with Crippen LogP contribution < -0.4 is 10.3 Å². The number of para-hydroxylation sites is 1. The fourth-order valence-electron chi connectivity index (χ4n) is 4.58. The van der Waals surface area contributed by atoms with E-state index in [0.717, 1.165) is 11.3 Å². The molecule has 0 N–H and O–H groups in total. The van der Waals surface area contributed by atoms with Crippen LogP contribution in [0.2, 0.25) is 0 Å². The number of nitriles is 1. The molecule has 8 heteroatoms. The van der Waals surface area contributed by atoms with Crippen LogP contribution in [0.4, 0.5) is 0 Å². The summed E-state index contributed by atoms with van der Waals surface area (Å²) in [7, 11) is 1.61. The van der Waals surface area contributed by atoms with Crippen molar-refractivity contribution in [1.29, 1.82) is 5.26 Å². The fraction of sp³-hybridized carbons (Fsp3) is 0.214. The number of ether oxygens (including phenoxy) is 1. The van der Waals surface area contributed by atoms with Gasteiger partial charge in [-0.05, 0) is 35.9 Å². The Hall–Kier alpha value is -4.48. The maximum absolute atomic E-state index is 13.6. The number of hydrogen-bond donors (Lipinski definition) is 0. The van der Waals surface area contributed by atoms with Crippen LogP contribution >= 0.6 is 0 Å². The highest BCUT2D eigenvalue weighted by atomic mass is 16.5. The summed E-state index contributed by atoms with van der Waals surface area (Å²) in [4.78, 5) is 30.6. The molecule has 0 spiro atoms. The lowest BCUT2D eigenvalue weighted by Crippen LogP contribution is -2.50. The first-order chi connectivity index (χ1) is 17.6. The van der Waals surface area contributed by atoms with E-state index in [1.165, 1.54) is 4.68 Å². The van der Waals surface area contributed by atoms with Crippen molar-refractivity contribution in [3.8, 4) is 17.5 Å². The third-order valence-electron chi connectivity index (χ3n) is 6.53. The molecule has 4 aromatic rings. The molecule has 0 radical (unpaired) electrons. The maximum Gasteiger partial charge on any atom is 0.279 e. The number of amides is 1. The number of piperazine rings is 1. The first kappa shape index (κ1) is 23.3. The molecule has 180 valence electrons. The van der Waals surface area contributed by atoms with Crippen molar-refractivity contribution >= 4 is 16.7 Å². The van der Waals surface area contributed by atoms with Gasteiger partial charge in [-0.25, -0.2) is 0 Å². The van der Waals surface area contributed by atoms with E-state index in [-0.39, 0.29) is 17.2 Å². The van der Waals surface area contributed by atoms with Gasteiger partial charge in [0.15, 0.2) is 5.69 Å². The predicted octanol–water partition coefficient (Wildman–Crippen LogP) is 3.42. The molecule has 1 atom stereocenters. The Labute approximate surface area is 208 Å². The van der Waals surface area contributed by atoms with E-state index < -0.39 is 6.04 Å². The smallest absolute Gasteiger partial charge is 0.279 e. The van der Waals surface area contributed by atoms with E-state index in [0.29, 0.717) is 42.6 Å². The molecular formula is C28H25N5O3. The normalized spacial score (nSPS) is 14.8. The topological polar surface area (TPSA) is 91.5 Å². The summed E-state index contributed by atoms with van der Waals surface area (Å²) in [6, 6.07) is 25.6. The van der Waals surface area contributed by atoms with Gasteiger partial charge in [-0.15, -0.1) is 0 Å². The van der Waals surface area contributed by atoms with E-state index >= 15 is 0 Å².